The Bertz CT molecular complexity index is 652. The quantitative estimate of drug-likeness (QED) is 0.493. The molecule has 1 saturated heterocycles. The van der Waals surface area contributed by atoms with E-state index in [1.807, 2.05) is 0 Å². The Morgan fingerprint density at radius 2 is 1.83 bits per heavy atom. The van der Waals surface area contributed by atoms with Gasteiger partial charge in [-0.2, -0.15) is 5.10 Å². The van der Waals surface area contributed by atoms with Crippen LogP contribution in [0.15, 0.2) is 22.3 Å². The van der Waals surface area contributed by atoms with Gasteiger partial charge in [-0.25, -0.2) is 0 Å². The van der Waals surface area contributed by atoms with E-state index < -0.39 is 0 Å². The van der Waals surface area contributed by atoms with E-state index in [1.165, 1.54) is 11.1 Å². The fraction of sp³-hybridized carbons (Fsp3) is 0.500. The van der Waals surface area contributed by atoms with Gasteiger partial charge in [0.25, 0.3) is 0 Å². The number of ether oxygens (including phenoxy) is 2. The van der Waals surface area contributed by atoms with Crippen LogP contribution in [0.1, 0.15) is 30.0 Å². The Labute approximate surface area is 135 Å². The molecule has 2 aliphatic heterocycles. The molecule has 0 amide bonds. The molecule has 1 atom stereocenters. The average Bonchev–Trinajstić information content (AvgIpc) is 2.58. The van der Waals surface area contributed by atoms with Gasteiger partial charge < -0.3 is 20.9 Å². The van der Waals surface area contributed by atoms with Crippen molar-refractivity contribution in [2.24, 2.45) is 21.7 Å². The summed E-state index contributed by atoms with van der Waals surface area (Å²) in [4.78, 5) is 2.49. The van der Waals surface area contributed by atoms with Gasteiger partial charge in [0.2, 0.25) is 5.96 Å². The molecule has 1 aromatic carbocycles. The summed E-state index contributed by atoms with van der Waals surface area (Å²) in [7, 11) is 3.33. The highest BCUT2D eigenvalue weighted by Gasteiger charge is 2.33. The fourth-order valence-corrected chi connectivity index (χ4v) is 3.40. The SMILES string of the molecule is COc1cc2c(cc1OC)C1CC(=NN=C(N)N)CCN1CC2. The molecule has 2 aliphatic rings. The summed E-state index contributed by atoms with van der Waals surface area (Å²) < 4.78 is 10.9. The first kappa shape index (κ1) is 15.6. The minimum atomic E-state index is -0.00428. The van der Waals surface area contributed by atoms with E-state index in [0.717, 1.165) is 49.6 Å². The van der Waals surface area contributed by atoms with Gasteiger partial charge in [0.15, 0.2) is 11.5 Å². The van der Waals surface area contributed by atoms with Crippen molar-refractivity contribution in [1.29, 1.82) is 0 Å². The zero-order valence-corrected chi connectivity index (χ0v) is 13.6. The van der Waals surface area contributed by atoms with E-state index in [4.69, 9.17) is 20.9 Å². The molecule has 0 radical (unpaired) electrons. The second-order valence-electron chi connectivity index (χ2n) is 5.85. The van der Waals surface area contributed by atoms with Crippen molar-refractivity contribution in [3.8, 4) is 11.5 Å². The molecule has 7 heteroatoms. The van der Waals surface area contributed by atoms with Crippen molar-refractivity contribution in [3.05, 3.63) is 23.3 Å². The summed E-state index contributed by atoms with van der Waals surface area (Å²) >= 11 is 0. The molecule has 4 N–H and O–H groups in total. The summed E-state index contributed by atoms with van der Waals surface area (Å²) in [5, 5.41) is 7.99. The van der Waals surface area contributed by atoms with E-state index in [2.05, 4.69) is 27.2 Å². The number of nitrogens with zero attached hydrogens (tertiary/aromatic N) is 3. The van der Waals surface area contributed by atoms with Gasteiger partial charge in [-0.05, 0) is 29.7 Å². The lowest BCUT2D eigenvalue weighted by atomic mass is 9.86. The summed E-state index contributed by atoms with van der Waals surface area (Å²) in [5.41, 5.74) is 14.4. The molecule has 0 bridgehead atoms. The topological polar surface area (TPSA) is 98.5 Å². The van der Waals surface area contributed by atoms with E-state index in [0.29, 0.717) is 6.04 Å². The van der Waals surface area contributed by atoms with Crippen LogP contribution in [-0.2, 0) is 6.42 Å². The third-order valence-electron chi connectivity index (χ3n) is 4.54. The van der Waals surface area contributed by atoms with Crippen LogP contribution in [0.3, 0.4) is 0 Å². The van der Waals surface area contributed by atoms with Crippen LogP contribution in [-0.4, -0.2) is 43.9 Å². The van der Waals surface area contributed by atoms with Crippen molar-refractivity contribution >= 4 is 11.7 Å². The minimum Gasteiger partial charge on any atom is -0.493 e. The number of hydrogen-bond acceptors (Lipinski definition) is 5. The van der Waals surface area contributed by atoms with Gasteiger partial charge in [-0.3, -0.25) is 4.90 Å². The summed E-state index contributed by atoms with van der Waals surface area (Å²) in [6.07, 6.45) is 2.75. The van der Waals surface area contributed by atoms with Crippen molar-refractivity contribution in [1.82, 2.24) is 4.90 Å². The highest BCUT2D eigenvalue weighted by molar-refractivity contribution is 5.87. The maximum atomic E-state index is 5.46. The lowest BCUT2D eigenvalue weighted by molar-refractivity contribution is 0.179. The predicted molar refractivity (Wildman–Crippen MR) is 90.0 cm³/mol. The van der Waals surface area contributed by atoms with Gasteiger partial charge in [0, 0.05) is 37.7 Å². The van der Waals surface area contributed by atoms with Crippen LogP contribution >= 0.6 is 0 Å². The first-order valence-electron chi connectivity index (χ1n) is 7.75. The van der Waals surface area contributed by atoms with E-state index >= 15 is 0 Å². The minimum absolute atomic E-state index is 0.00428. The van der Waals surface area contributed by atoms with Gasteiger partial charge in [-0.1, -0.05) is 0 Å². The van der Waals surface area contributed by atoms with Crippen molar-refractivity contribution in [2.75, 3.05) is 27.3 Å². The number of fused-ring (bicyclic) bond motifs is 3. The second kappa shape index (κ2) is 6.45. The molecule has 0 spiro atoms. The van der Waals surface area contributed by atoms with Gasteiger partial charge >= 0.3 is 0 Å². The van der Waals surface area contributed by atoms with E-state index in [9.17, 15) is 0 Å². The second-order valence-corrected chi connectivity index (χ2v) is 5.85. The molecule has 1 fully saturated rings. The molecule has 23 heavy (non-hydrogen) atoms. The highest BCUT2D eigenvalue weighted by Crippen LogP contribution is 2.41. The zero-order chi connectivity index (χ0) is 16.4. The monoisotopic (exact) mass is 317 g/mol. The van der Waals surface area contributed by atoms with Gasteiger partial charge in [0.1, 0.15) is 0 Å². The van der Waals surface area contributed by atoms with E-state index in [-0.39, 0.29) is 5.96 Å². The van der Waals surface area contributed by atoms with Crippen LogP contribution in [0.5, 0.6) is 11.5 Å². The van der Waals surface area contributed by atoms with Crippen molar-refractivity contribution in [3.63, 3.8) is 0 Å². The molecule has 3 rings (SSSR count). The number of benzene rings is 1. The summed E-state index contributed by atoms with van der Waals surface area (Å²) in [6, 6.07) is 4.47. The molecule has 0 aromatic heterocycles. The molecule has 2 heterocycles. The standard InChI is InChI=1S/C16H23N5O2/c1-22-14-7-10-3-5-21-6-4-11(19-20-16(17)18)8-13(21)12(10)9-15(14)23-2/h7,9,13H,3-6,8H2,1-2H3,(H4,17,18,20). The van der Waals surface area contributed by atoms with Gasteiger partial charge in [0.05, 0.1) is 14.2 Å². The molecule has 124 valence electrons. The lowest BCUT2D eigenvalue weighted by Crippen LogP contribution is -2.41. The van der Waals surface area contributed by atoms with Crippen LogP contribution in [0.4, 0.5) is 0 Å². The Morgan fingerprint density at radius 3 is 2.52 bits per heavy atom. The Morgan fingerprint density at radius 1 is 1.13 bits per heavy atom. The largest absolute Gasteiger partial charge is 0.493 e. The Kier molecular flexibility index (Phi) is 4.38. The average molecular weight is 317 g/mol. The van der Waals surface area contributed by atoms with Crippen LogP contribution in [0.2, 0.25) is 0 Å². The van der Waals surface area contributed by atoms with E-state index in [1.54, 1.807) is 14.2 Å². The third kappa shape index (κ3) is 3.10. The normalized spacial score (nSPS) is 22.2. The number of rotatable bonds is 3. The molecular formula is C16H23N5O2. The Balaban J connectivity index is 1.94. The Hall–Kier alpha value is -2.28. The molecule has 0 aliphatic carbocycles. The number of nitrogens with two attached hydrogens (primary N) is 2. The van der Waals surface area contributed by atoms with Crippen LogP contribution < -0.4 is 20.9 Å². The summed E-state index contributed by atoms with van der Waals surface area (Å²) in [5.74, 6) is 1.54. The molecule has 0 saturated carbocycles. The smallest absolute Gasteiger partial charge is 0.211 e. The first-order chi connectivity index (χ1) is 11.1. The maximum absolute atomic E-state index is 5.46. The van der Waals surface area contributed by atoms with Crippen LogP contribution in [0.25, 0.3) is 0 Å². The molecule has 1 unspecified atom stereocenters. The third-order valence-corrected chi connectivity index (χ3v) is 4.54. The molecule has 7 nitrogen and oxygen atoms in total. The zero-order valence-electron chi connectivity index (χ0n) is 13.6. The molecular weight excluding hydrogens is 294 g/mol. The fourth-order valence-electron chi connectivity index (χ4n) is 3.40. The maximum Gasteiger partial charge on any atom is 0.211 e. The highest BCUT2D eigenvalue weighted by atomic mass is 16.5. The van der Waals surface area contributed by atoms with Crippen molar-refractivity contribution in [2.45, 2.75) is 25.3 Å². The summed E-state index contributed by atoms with van der Waals surface area (Å²) in [6.45, 7) is 2.01. The lowest BCUT2D eigenvalue weighted by Gasteiger charge is -2.41. The van der Waals surface area contributed by atoms with Crippen LogP contribution in [0, 0.1) is 0 Å². The number of piperidine rings is 1. The van der Waals surface area contributed by atoms with Gasteiger partial charge in [-0.15, -0.1) is 5.10 Å². The first-order valence-corrected chi connectivity index (χ1v) is 7.75. The number of methoxy groups -OCH3 is 2. The number of hydrogen-bond donors (Lipinski definition) is 2. The predicted octanol–water partition coefficient (Wildman–Crippen LogP) is 1.03. The molecule has 1 aromatic rings. The van der Waals surface area contributed by atoms with Crippen molar-refractivity contribution < 1.29 is 9.47 Å². The number of guanidine groups is 1.